The van der Waals surface area contributed by atoms with Gasteiger partial charge in [-0.3, -0.25) is 9.78 Å². The van der Waals surface area contributed by atoms with Crippen LogP contribution in [0.15, 0.2) is 18.3 Å². The van der Waals surface area contributed by atoms with Gasteiger partial charge in [0.25, 0.3) is 0 Å². The lowest BCUT2D eigenvalue weighted by Crippen LogP contribution is -2.63. The SMILES string of the molecule is CCCC1(O)CN(C(=O)Cc2ccc(N)cn2)C1. The number of nitrogen functional groups attached to an aromatic ring is 1. The fraction of sp³-hybridized carbons (Fsp3) is 0.538. The number of carbonyl (C=O) groups is 1. The quantitative estimate of drug-likeness (QED) is 0.818. The number of pyridine rings is 1. The van der Waals surface area contributed by atoms with Crippen LogP contribution in [0.2, 0.25) is 0 Å². The Balaban J connectivity index is 1.85. The molecule has 0 radical (unpaired) electrons. The Morgan fingerprint density at radius 3 is 2.83 bits per heavy atom. The van der Waals surface area contributed by atoms with E-state index in [9.17, 15) is 9.90 Å². The highest BCUT2D eigenvalue weighted by atomic mass is 16.3. The van der Waals surface area contributed by atoms with Crippen LogP contribution >= 0.6 is 0 Å². The maximum atomic E-state index is 11.9. The van der Waals surface area contributed by atoms with Crippen LogP contribution in [0.25, 0.3) is 0 Å². The first-order valence-corrected chi connectivity index (χ1v) is 6.23. The van der Waals surface area contributed by atoms with Crippen LogP contribution < -0.4 is 5.73 Å². The van der Waals surface area contributed by atoms with E-state index in [1.165, 1.54) is 0 Å². The minimum absolute atomic E-state index is 0.00745. The van der Waals surface area contributed by atoms with Crippen molar-refractivity contribution in [3.63, 3.8) is 0 Å². The minimum Gasteiger partial charge on any atom is -0.397 e. The van der Waals surface area contributed by atoms with Gasteiger partial charge in [-0.25, -0.2) is 0 Å². The Morgan fingerprint density at radius 2 is 2.28 bits per heavy atom. The second-order valence-corrected chi connectivity index (χ2v) is 4.98. The zero-order valence-electron chi connectivity index (χ0n) is 10.6. The van der Waals surface area contributed by atoms with Crippen LogP contribution in [0.4, 0.5) is 5.69 Å². The lowest BCUT2D eigenvalue weighted by molar-refractivity contribution is -0.155. The minimum atomic E-state index is -0.668. The number of carbonyl (C=O) groups excluding carboxylic acids is 1. The molecule has 1 aromatic rings. The molecule has 18 heavy (non-hydrogen) atoms. The molecule has 2 heterocycles. The van der Waals surface area contributed by atoms with Crippen molar-refractivity contribution >= 4 is 11.6 Å². The molecule has 1 aliphatic rings. The van der Waals surface area contributed by atoms with E-state index < -0.39 is 5.60 Å². The summed E-state index contributed by atoms with van der Waals surface area (Å²) in [5.41, 5.74) is 6.16. The van der Waals surface area contributed by atoms with Crippen molar-refractivity contribution < 1.29 is 9.90 Å². The fourth-order valence-corrected chi connectivity index (χ4v) is 2.27. The number of hydrogen-bond acceptors (Lipinski definition) is 4. The second kappa shape index (κ2) is 4.94. The van der Waals surface area contributed by atoms with Gasteiger partial charge in [-0.05, 0) is 18.6 Å². The number of hydrogen-bond donors (Lipinski definition) is 2. The van der Waals surface area contributed by atoms with Crippen molar-refractivity contribution in [1.82, 2.24) is 9.88 Å². The maximum Gasteiger partial charge on any atom is 0.228 e. The Kier molecular flexibility index (Phi) is 3.52. The van der Waals surface area contributed by atoms with Crippen molar-refractivity contribution in [1.29, 1.82) is 0 Å². The molecule has 0 spiro atoms. The summed E-state index contributed by atoms with van der Waals surface area (Å²) in [4.78, 5) is 17.7. The summed E-state index contributed by atoms with van der Waals surface area (Å²) in [6.07, 6.45) is 3.49. The van der Waals surface area contributed by atoms with Crippen LogP contribution in [0.3, 0.4) is 0 Å². The fourth-order valence-electron chi connectivity index (χ4n) is 2.27. The third kappa shape index (κ3) is 2.79. The normalized spacial score (nSPS) is 17.3. The maximum absolute atomic E-state index is 11.9. The summed E-state index contributed by atoms with van der Waals surface area (Å²) in [7, 11) is 0. The number of anilines is 1. The van der Waals surface area contributed by atoms with Crippen molar-refractivity contribution in [2.75, 3.05) is 18.8 Å². The van der Waals surface area contributed by atoms with E-state index in [1.54, 1.807) is 23.2 Å². The predicted molar refractivity (Wildman–Crippen MR) is 68.8 cm³/mol. The topological polar surface area (TPSA) is 79.5 Å². The molecule has 2 rings (SSSR count). The highest BCUT2D eigenvalue weighted by Gasteiger charge is 2.42. The number of amides is 1. The lowest BCUT2D eigenvalue weighted by Gasteiger charge is -2.46. The van der Waals surface area contributed by atoms with Crippen LogP contribution in [0, 0.1) is 0 Å². The van der Waals surface area contributed by atoms with E-state index >= 15 is 0 Å². The molecule has 5 nitrogen and oxygen atoms in total. The molecule has 1 fully saturated rings. The molecule has 5 heteroatoms. The molecular weight excluding hydrogens is 230 g/mol. The molecule has 0 bridgehead atoms. The van der Waals surface area contributed by atoms with Gasteiger partial charge in [0.2, 0.25) is 5.91 Å². The van der Waals surface area contributed by atoms with Gasteiger partial charge in [-0.1, -0.05) is 13.3 Å². The van der Waals surface area contributed by atoms with Crippen LogP contribution in [0.5, 0.6) is 0 Å². The smallest absolute Gasteiger partial charge is 0.228 e. The Hall–Kier alpha value is -1.62. The first-order chi connectivity index (χ1) is 8.52. The molecule has 1 aromatic heterocycles. The Bertz CT molecular complexity index is 424. The first kappa shape index (κ1) is 12.8. The molecule has 3 N–H and O–H groups in total. The van der Waals surface area contributed by atoms with Gasteiger partial charge in [-0.15, -0.1) is 0 Å². The number of rotatable bonds is 4. The van der Waals surface area contributed by atoms with Crippen molar-refractivity contribution in [2.24, 2.45) is 0 Å². The molecule has 0 aliphatic carbocycles. The van der Waals surface area contributed by atoms with Gasteiger partial charge < -0.3 is 15.7 Å². The standard InChI is InChI=1S/C13H19N3O2/c1-2-5-13(18)8-16(9-13)12(17)6-11-4-3-10(14)7-15-11/h3-4,7,18H,2,5-6,8-9,14H2,1H3. The third-order valence-corrected chi connectivity index (χ3v) is 3.22. The second-order valence-electron chi connectivity index (χ2n) is 4.98. The van der Waals surface area contributed by atoms with E-state index in [0.29, 0.717) is 24.5 Å². The Morgan fingerprint density at radius 1 is 1.56 bits per heavy atom. The predicted octanol–water partition coefficient (Wildman–Crippen LogP) is 0.580. The lowest BCUT2D eigenvalue weighted by atomic mass is 9.89. The Labute approximate surface area is 107 Å². The number of aliphatic hydroxyl groups is 1. The van der Waals surface area contributed by atoms with Crippen LogP contribution in [-0.4, -0.2) is 39.6 Å². The summed E-state index contributed by atoms with van der Waals surface area (Å²) >= 11 is 0. The molecular formula is C13H19N3O2. The zero-order valence-corrected chi connectivity index (χ0v) is 10.6. The number of nitrogens with two attached hydrogens (primary N) is 1. The number of likely N-dealkylation sites (tertiary alicyclic amines) is 1. The van der Waals surface area contributed by atoms with E-state index in [4.69, 9.17) is 5.73 Å². The molecule has 1 amide bonds. The number of β-amino-alcohol motifs (C(OH)–C–C–N with tert-alkyl or cyclic N) is 1. The highest BCUT2D eigenvalue weighted by molar-refractivity contribution is 5.79. The van der Waals surface area contributed by atoms with E-state index in [-0.39, 0.29) is 12.3 Å². The summed E-state index contributed by atoms with van der Waals surface area (Å²) < 4.78 is 0. The van der Waals surface area contributed by atoms with Gasteiger partial charge in [0, 0.05) is 5.69 Å². The van der Waals surface area contributed by atoms with Crippen LogP contribution in [-0.2, 0) is 11.2 Å². The third-order valence-electron chi connectivity index (χ3n) is 3.22. The van der Waals surface area contributed by atoms with Gasteiger partial charge in [0.05, 0.1) is 37.0 Å². The van der Waals surface area contributed by atoms with Crippen molar-refractivity contribution in [3.8, 4) is 0 Å². The monoisotopic (exact) mass is 249 g/mol. The number of aromatic nitrogens is 1. The highest BCUT2D eigenvalue weighted by Crippen LogP contribution is 2.26. The summed E-state index contributed by atoms with van der Waals surface area (Å²) in [5, 5.41) is 10.0. The summed E-state index contributed by atoms with van der Waals surface area (Å²) in [6.45, 7) is 2.91. The largest absolute Gasteiger partial charge is 0.397 e. The average molecular weight is 249 g/mol. The zero-order chi connectivity index (χ0) is 13.2. The molecule has 1 aliphatic heterocycles. The van der Waals surface area contributed by atoms with Gasteiger partial charge in [0.15, 0.2) is 0 Å². The number of nitrogens with zero attached hydrogens (tertiary/aromatic N) is 2. The van der Waals surface area contributed by atoms with E-state index in [1.807, 2.05) is 6.92 Å². The molecule has 1 saturated heterocycles. The van der Waals surface area contributed by atoms with Crippen molar-refractivity contribution in [3.05, 3.63) is 24.0 Å². The van der Waals surface area contributed by atoms with Gasteiger partial charge in [0.1, 0.15) is 0 Å². The van der Waals surface area contributed by atoms with E-state index in [2.05, 4.69) is 4.98 Å². The van der Waals surface area contributed by atoms with Gasteiger partial charge >= 0.3 is 0 Å². The van der Waals surface area contributed by atoms with E-state index in [0.717, 1.165) is 12.8 Å². The first-order valence-electron chi connectivity index (χ1n) is 6.23. The molecule has 0 aromatic carbocycles. The van der Waals surface area contributed by atoms with Crippen molar-refractivity contribution in [2.45, 2.75) is 31.8 Å². The summed E-state index contributed by atoms with van der Waals surface area (Å²) in [5.74, 6) is 0.00745. The molecule has 0 atom stereocenters. The van der Waals surface area contributed by atoms with Gasteiger partial charge in [-0.2, -0.15) is 0 Å². The average Bonchev–Trinajstić information content (AvgIpc) is 2.29. The molecule has 0 unspecified atom stereocenters. The van der Waals surface area contributed by atoms with Crippen LogP contribution in [0.1, 0.15) is 25.5 Å². The summed E-state index contributed by atoms with van der Waals surface area (Å²) in [6, 6.07) is 3.49. The molecule has 98 valence electrons. The molecule has 0 saturated carbocycles.